The van der Waals surface area contributed by atoms with E-state index in [-0.39, 0.29) is 17.2 Å². The number of carbonyl (C=O) groups excluding carboxylic acids is 1. The lowest BCUT2D eigenvalue weighted by atomic mass is 9.84. The molecule has 4 saturated carbocycles. The minimum atomic E-state index is 0.211. The summed E-state index contributed by atoms with van der Waals surface area (Å²) < 4.78 is 6.33. The fourth-order valence-electron chi connectivity index (χ4n) is 7.37. The van der Waals surface area contributed by atoms with Crippen molar-refractivity contribution in [3.05, 3.63) is 70.3 Å². The second kappa shape index (κ2) is 12.8. The van der Waals surface area contributed by atoms with Crippen molar-refractivity contribution >= 4 is 23.5 Å². The van der Waals surface area contributed by atoms with Crippen molar-refractivity contribution in [3.63, 3.8) is 0 Å². The lowest BCUT2D eigenvalue weighted by Gasteiger charge is -2.40. The van der Waals surface area contributed by atoms with Gasteiger partial charge in [-0.05, 0) is 93.0 Å². The van der Waals surface area contributed by atoms with Gasteiger partial charge in [0.25, 0.3) is 0 Å². The highest BCUT2D eigenvalue weighted by Gasteiger charge is 2.49. The minimum Gasteiger partial charge on any atom is -0.491 e. The second-order valence-corrected chi connectivity index (χ2v) is 13.3. The lowest BCUT2D eigenvalue weighted by Crippen LogP contribution is -2.47. The third-order valence-electron chi connectivity index (χ3n) is 10.0. The molecule has 0 unspecified atom stereocenters. The summed E-state index contributed by atoms with van der Waals surface area (Å²) in [6.45, 7) is 1.56. The summed E-state index contributed by atoms with van der Waals surface area (Å²) in [5.41, 5.74) is 3.58. The van der Waals surface area contributed by atoms with E-state index in [0.29, 0.717) is 18.6 Å². The molecule has 0 saturated heterocycles. The average Bonchev–Trinajstić information content (AvgIpc) is 3.93. The van der Waals surface area contributed by atoms with E-state index in [0.717, 1.165) is 42.1 Å². The number of nitrogens with zero attached hydrogens (tertiary/aromatic N) is 1. The summed E-state index contributed by atoms with van der Waals surface area (Å²) in [6.07, 6.45) is 23.5. The highest BCUT2D eigenvalue weighted by atomic mass is 35.5. The molecule has 214 valence electrons. The first-order chi connectivity index (χ1) is 19.6. The topological polar surface area (TPSA) is 29.5 Å². The molecule has 0 amide bonds. The molecule has 0 N–H and O–H groups in total. The second-order valence-electron chi connectivity index (χ2n) is 12.9. The maximum Gasteiger partial charge on any atom is 0.169 e. The molecule has 0 heterocycles. The van der Waals surface area contributed by atoms with Crippen LogP contribution in [0.4, 0.5) is 0 Å². The summed E-state index contributed by atoms with van der Waals surface area (Å²) in [5, 5.41) is 0.941. The van der Waals surface area contributed by atoms with Crippen molar-refractivity contribution in [1.82, 2.24) is 4.90 Å². The Balaban J connectivity index is 1.10. The van der Waals surface area contributed by atoms with Crippen LogP contribution in [0.5, 0.6) is 5.75 Å². The number of hydrogen-bond acceptors (Lipinski definition) is 3. The number of halogens is 1. The molecule has 2 aromatic rings. The smallest absolute Gasteiger partial charge is 0.169 e. The van der Waals surface area contributed by atoms with Gasteiger partial charge in [-0.15, -0.1) is 0 Å². The molecule has 4 heteroatoms. The van der Waals surface area contributed by atoms with Crippen molar-refractivity contribution in [2.45, 2.75) is 114 Å². The molecule has 0 aromatic heterocycles. The number of carbonyl (C=O) groups is 1. The van der Waals surface area contributed by atoms with Gasteiger partial charge in [0, 0.05) is 29.1 Å². The van der Waals surface area contributed by atoms with Gasteiger partial charge in [-0.1, -0.05) is 86.5 Å². The average molecular weight is 560 g/mol. The molecular formula is C36H46ClNO2. The van der Waals surface area contributed by atoms with Crippen LogP contribution in [0.3, 0.4) is 0 Å². The van der Waals surface area contributed by atoms with Gasteiger partial charge in [-0.3, -0.25) is 9.69 Å². The quantitative estimate of drug-likeness (QED) is 0.242. The molecule has 2 aromatic carbocycles. The number of ether oxygens (including phenoxy) is 1. The van der Waals surface area contributed by atoms with Gasteiger partial charge >= 0.3 is 0 Å². The Labute approximate surface area is 246 Å². The van der Waals surface area contributed by atoms with Crippen LogP contribution < -0.4 is 4.74 Å². The van der Waals surface area contributed by atoms with Crippen molar-refractivity contribution in [1.29, 1.82) is 0 Å². The molecule has 4 fully saturated rings. The summed E-state index contributed by atoms with van der Waals surface area (Å²) in [4.78, 5) is 15.6. The van der Waals surface area contributed by atoms with Crippen LogP contribution in [0, 0.1) is 5.92 Å². The van der Waals surface area contributed by atoms with Crippen LogP contribution in [0.25, 0.3) is 6.08 Å². The molecule has 40 heavy (non-hydrogen) atoms. The normalized spacial score (nSPS) is 21.6. The van der Waals surface area contributed by atoms with Gasteiger partial charge < -0.3 is 4.74 Å². The standard InChI is InChI=1S/C36H46ClNO2/c37-33-26-27(17-20-31(33)28-11-3-1-4-12-28)10-9-21-36(22-23-36)38(30-13-5-2-6-14-30)24-25-40-34-16-8-7-15-32(34)35(39)29-18-19-29/h7-10,15-17,20,26,28-30H,1-6,11-14,18-19,21-25H2/b10-9-. The lowest BCUT2D eigenvalue weighted by molar-refractivity contribution is 0.0722. The van der Waals surface area contributed by atoms with Gasteiger partial charge in [0.15, 0.2) is 5.78 Å². The first-order valence-corrected chi connectivity index (χ1v) is 16.5. The fourth-order valence-corrected chi connectivity index (χ4v) is 7.72. The molecule has 0 radical (unpaired) electrons. The van der Waals surface area contributed by atoms with E-state index in [2.05, 4.69) is 35.3 Å². The number of hydrogen-bond donors (Lipinski definition) is 0. The predicted octanol–water partition coefficient (Wildman–Crippen LogP) is 9.63. The zero-order valence-corrected chi connectivity index (χ0v) is 24.8. The highest BCUT2D eigenvalue weighted by Crippen LogP contribution is 2.48. The third-order valence-corrected chi connectivity index (χ3v) is 10.3. The molecule has 0 bridgehead atoms. The van der Waals surface area contributed by atoms with E-state index in [4.69, 9.17) is 16.3 Å². The van der Waals surface area contributed by atoms with Crippen molar-refractivity contribution in [2.75, 3.05) is 13.2 Å². The van der Waals surface area contributed by atoms with E-state index in [9.17, 15) is 4.79 Å². The minimum absolute atomic E-state index is 0.211. The Morgan fingerprint density at radius 2 is 1.65 bits per heavy atom. The fraction of sp³-hybridized carbons (Fsp3) is 0.583. The first kappa shape index (κ1) is 28.0. The van der Waals surface area contributed by atoms with E-state index in [1.54, 1.807) is 0 Å². The highest BCUT2D eigenvalue weighted by molar-refractivity contribution is 6.31. The van der Waals surface area contributed by atoms with Crippen molar-refractivity contribution in [3.8, 4) is 5.75 Å². The van der Waals surface area contributed by atoms with Crippen LogP contribution in [-0.2, 0) is 0 Å². The Hall–Kier alpha value is -2.10. The molecule has 4 aliphatic rings. The van der Waals surface area contributed by atoms with Crippen LogP contribution >= 0.6 is 11.6 Å². The molecule has 3 nitrogen and oxygen atoms in total. The van der Waals surface area contributed by atoms with Crippen molar-refractivity contribution in [2.24, 2.45) is 5.92 Å². The SMILES string of the molecule is O=C(c1ccccc1OCCN(C1CCCCC1)C1(C/C=C\c2ccc(C3CCCCC3)c(Cl)c2)CC1)C1CC1. The maximum atomic E-state index is 12.8. The van der Waals surface area contributed by atoms with Crippen LogP contribution in [0.2, 0.25) is 5.02 Å². The zero-order valence-electron chi connectivity index (χ0n) is 24.1. The summed E-state index contributed by atoms with van der Waals surface area (Å²) >= 11 is 6.78. The van der Waals surface area contributed by atoms with Gasteiger partial charge in [0.2, 0.25) is 0 Å². The van der Waals surface area contributed by atoms with E-state index < -0.39 is 0 Å². The Bertz CT molecular complexity index is 1190. The summed E-state index contributed by atoms with van der Waals surface area (Å²) in [5.74, 6) is 1.87. The van der Waals surface area contributed by atoms with Crippen molar-refractivity contribution < 1.29 is 9.53 Å². The number of para-hydroxylation sites is 1. The summed E-state index contributed by atoms with van der Waals surface area (Å²) in [6, 6.07) is 15.2. The Kier molecular flexibility index (Phi) is 8.99. The molecule has 4 aliphatic carbocycles. The zero-order chi connectivity index (χ0) is 27.4. The molecule has 0 aliphatic heterocycles. The monoisotopic (exact) mass is 559 g/mol. The number of Topliss-reactive ketones (excluding diaryl/α,β-unsaturated/α-hetero) is 1. The molecular weight excluding hydrogens is 514 g/mol. The number of ketones is 1. The van der Waals surface area contributed by atoms with Gasteiger partial charge in [-0.25, -0.2) is 0 Å². The molecule has 0 atom stereocenters. The number of rotatable bonds is 12. The van der Waals surface area contributed by atoms with Crippen LogP contribution in [0.15, 0.2) is 48.5 Å². The first-order valence-electron chi connectivity index (χ1n) is 16.1. The summed E-state index contributed by atoms with van der Waals surface area (Å²) in [7, 11) is 0. The Morgan fingerprint density at radius 1 is 0.925 bits per heavy atom. The largest absolute Gasteiger partial charge is 0.491 e. The number of benzene rings is 2. The van der Waals surface area contributed by atoms with E-state index >= 15 is 0 Å². The Morgan fingerprint density at radius 3 is 2.35 bits per heavy atom. The van der Waals surface area contributed by atoms with Gasteiger partial charge in [0.1, 0.15) is 12.4 Å². The van der Waals surface area contributed by atoms with E-state index in [1.807, 2.05) is 24.3 Å². The predicted molar refractivity (Wildman–Crippen MR) is 165 cm³/mol. The molecule has 0 spiro atoms. The van der Waals surface area contributed by atoms with Crippen LogP contribution in [-0.4, -0.2) is 35.4 Å². The van der Waals surface area contributed by atoms with Gasteiger partial charge in [-0.2, -0.15) is 0 Å². The van der Waals surface area contributed by atoms with Gasteiger partial charge in [0.05, 0.1) is 5.56 Å². The molecule has 6 rings (SSSR count). The third kappa shape index (κ3) is 6.68. The van der Waals surface area contributed by atoms with E-state index in [1.165, 1.54) is 88.2 Å². The maximum absolute atomic E-state index is 12.8. The van der Waals surface area contributed by atoms with Crippen LogP contribution in [0.1, 0.15) is 124 Å².